The van der Waals surface area contributed by atoms with Crippen molar-refractivity contribution in [3.63, 3.8) is 0 Å². The summed E-state index contributed by atoms with van der Waals surface area (Å²) < 4.78 is 28.5. The highest BCUT2D eigenvalue weighted by atomic mass is 32.2. The molecule has 5 nitrogen and oxygen atoms in total. The maximum atomic E-state index is 13.7. The molecular weight excluding hydrogens is 346 g/mol. The van der Waals surface area contributed by atoms with Crippen molar-refractivity contribution in [2.45, 2.75) is 11.7 Å². The summed E-state index contributed by atoms with van der Waals surface area (Å²) in [5.74, 6) is -1.03. The second kappa shape index (κ2) is 7.43. The van der Waals surface area contributed by atoms with Gasteiger partial charge in [-0.2, -0.15) is 0 Å². The minimum Gasteiger partial charge on any atom is -0.345 e. The van der Waals surface area contributed by atoms with E-state index in [1.165, 1.54) is 42.1 Å². The molecule has 0 bridgehead atoms. The summed E-state index contributed by atoms with van der Waals surface area (Å²) in [4.78, 5) is 12.1. The van der Waals surface area contributed by atoms with Gasteiger partial charge in [0.15, 0.2) is 11.0 Å². The predicted molar refractivity (Wildman–Crippen MR) is 90.7 cm³/mol. The number of carbonyl (C=O) groups is 1. The molecule has 0 aliphatic rings. The molecule has 1 heterocycles. The lowest BCUT2D eigenvalue weighted by atomic mass is 10.2. The van der Waals surface area contributed by atoms with Crippen molar-refractivity contribution >= 4 is 17.7 Å². The number of halogens is 2. The van der Waals surface area contributed by atoms with Crippen LogP contribution in [0.25, 0.3) is 5.69 Å². The van der Waals surface area contributed by atoms with Gasteiger partial charge in [-0.1, -0.05) is 23.9 Å². The van der Waals surface area contributed by atoms with Crippen molar-refractivity contribution in [2.24, 2.45) is 0 Å². The highest BCUT2D eigenvalue weighted by Crippen LogP contribution is 2.20. The molecule has 128 valence electrons. The Morgan fingerprint density at radius 1 is 1.12 bits per heavy atom. The fraction of sp³-hybridized carbons (Fsp3) is 0.118. The summed E-state index contributed by atoms with van der Waals surface area (Å²) in [5.41, 5.74) is 0.631. The van der Waals surface area contributed by atoms with E-state index >= 15 is 0 Å². The molecule has 0 atom stereocenters. The molecule has 0 radical (unpaired) electrons. The van der Waals surface area contributed by atoms with Gasteiger partial charge in [-0.05, 0) is 42.7 Å². The first-order valence-electron chi connectivity index (χ1n) is 7.37. The molecule has 1 N–H and O–H groups in total. The third-order valence-corrected chi connectivity index (χ3v) is 4.12. The first-order chi connectivity index (χ1) is 12.1. The van der Waals surface area contributed by atoms with E-state index in [0.717, 1.165) is 0 Å². The third-order valence-electron chi connectivity index (χ3n) is 3.49. The molecule has 0 aliphatic heterocycles. The zero-order valence-corrected chi connectivity index (χ0v) is 14.1. The average molecular weight is 360 g/mol. The molecule has 1 amide bonds. The van der Waals surface area contributed by atoms with Gasteiger partial charge in [-0.15, -0.1) is 10.2 Å². The van der Waals surface area contributed by atoms with Gasteiger partial charge in [0, 0.05) is 5.69 Å². The van der Waals surface area contributed by atoms with Crippen molar-refractivity contribution in [3.05, 3.63) is 71.6 Å². The van der Waals surface area contributed by atoms with Crippen LogP contribution in [0.1, 0.15) is 16.2 Å². The van der Waals surface area contributed by atoms with Crippen LogP contribution in [0.4, 0.5) is 8.78 Å². The Hall–Kier alpha value is -2.74. The molecule has 1 aromatic heterocycles. The molecule has 3 aromatic rings. The SMILES string of the molecule is CSc1nnc(CNC(=O)c2ccccc2F)n1-c1ccc(F)cc1. The number of rotatable bonds is 5. The molecule has 0 saturated heterocycles. The Bertz CT molecular complexity index is 896. The van der Waals surface area contributed by atoms with E-state index in [1.54, 1.807) is 22.8 Å². The fourth-order valence-electron chi connectivity index (χ4n) is 2.30. The summed E-state index contributed by atoms with van der Waals surface area (Å²) in [6.07, 6.45) is 1.84. The monoisotopic (exact) mass is 360 g/mol. The summed E-state index contributed by atoms with van der Waals surface area (Å²) >= 11 is 1.37. The standard InChI is InChI=1S/C17H14F2N4OS/c1-25-17-22-21-15(23(17)12-8-6-11(18)7-9-12)10-20-16(24)13-4-2-3-5-14(13)19/h2-9H,10H2,1H3,(H,20,24). The maximum absolute atomic E-state index is 13.7. The van der Waals surface area contributed by atoms with Crippen LogP contribution in [-0.4, -0.2) is 26.9 Å². The Kier molecular flexibility index (Phi) is 5.08. The normalized spacial score (nSPS) is 10.7. The van der Waals surface area contributed by atoms with Gasteiger partial charge >= 0.3 is 0 Å². The van der Waals surface area contributed by atoms with Gasteiger partial charge < -0.3 is 5.32 Å². The van der Waals surface area contributed by atoms with Crippen molar-refractivity contribution in [2.75, 3.05) is 6.26 Å². The van der Waals surface area contributed by atoms with Crippen LogP contribution in [0, 0.1) is 11.6 Å². The van der Waals surface area contributed by atoms with E-state index in [1.807, 2.05) is 6.26 Å². The number of aromatic nitrogens is 3. The van der Waals surface area contributed by atoms with E-state index in [-0.39, 0.29) is 17.9 Å². The number of nitrogens with one attached hydrogen (secondary N) is 1. The Morgan fingerprint density at radius 3 is 2.52 bits per heavy atom. The summed E-state index contributed by atoms with van der Waals surface area (Å²) in [7, 11) is 0. The van der Waals surface area contributed by atoms with Gasteiger partial charge in [0.2, 0.25) is 0 Å². The number of carbonyl (C=O) groups excluding carboxylic acids is 1. The molecular formula is C17H14F2N4OS. The van der Waals surface area contributed by atoms with Crippen molar-refractivity contribution < 1.29 is 13.6 Å². The van der Waals surface area contributed by atoms with Crippen molar-refractivity contribution in [3.8, 4) is 5.69 Å². The molecule has 25 heavy (non-hydrogen) atoms. The third kappa shape index (κ3) is 3.69. The molecule has 3 rings (SSSR count). The summed E-state index contributed by atoms with van der Waals surface area (Å²) in [6, 6.07) is 11.6. The predicted octanol–water partition coefficient (Wildman–Crippen LogP) is 3.20. The highest BCUT2D eigenvalue weighted by molar-refractivity contribution is 7.98. The average Bonchev–Trinajstić information content (AvgIpc) is 3.03. The largest absolute Gasteiger partial charge is 0.345 e. The van der Waals surface area contributed by atoms with Gasteiger partial charge in [0.25, 0.3) is 5.91 Å². The second-order valence-corrected chi connectivity index (χ2v) is 5.85. The van der Waals surface area contributed by atoms with Gasteiger partial charge in [-0.3, -0.25) is 9.36 Å². The fourth-order valence-corrected chi connectivity index (χ4v) is 2.81. The van der Waals surface area contributed by atoms with E-state index in [2.05, 4.69) is 15.5 Å². The first kappa shape index (κ1) is 17.1. The number of thioether (sulfide) groups is 1. The van der Waals surface area contributed by atoms with Gasteiger partial charge in [0.05, 0.1) is 12.1 Å². The quantitative estimate of drug-likeness (QED) is 0.710. The smallest absolute Gasteiger partial charge is 0.254 e. The molecule has 0 spiro atoms. The van der Waals surface area contributed by atoms with Crippen molar-refractivity contribution in [1.29, 1.82) is 0 Å². The lowest BCUT2D eigenvalue weighted by Gasteiger charge is -2.10. The van der Waals surface area contributed by atoms with E-state index in [9.17, 15) is 13.6 Å². The Labute approximate surface area is 147 Å². The van der Waals surface area contributed by atoms with E-state index < -0.39 is 11.7 Å². The summed E-state index contributed by atoms with van der Waals surface area (Å²) in [5, 5.41) is 11.4. The van der Waals surface area contributed by atoms with Crippen molar-refractivity contribution in [1.82, 2.24) is 20.1 Å². The van der Waals surface area contributed by atoms with Gasteiger partial charge in [-0.25, -0.2) is 8.78 Å². The number of amides is 1. The molecule has 0 unspecified atom stereocenters. The molecule has 0 fully saturated rings. The molecule has 0 aliphatic carbocycles. The first-order valence-corrected chi connectivity index (χ1v) is 8.59. The second-order valence-electron chi connectivity index (χ2n) is 5.08. The Balaban J connectivity index is 1.84. The van der Waals surface area contributed by atoms with Gasteiger partial charge in [0.1, 0.15) is 11.6 Å². The lowest BCUT2D eigenvalue weighted by Crippen LogP contribution is -2.25. The number of benzene rings is 2. The van der Waals surface area contributed by atoms with Crippen LogP contribution in [0.2, 0.25) is 0 Å². The minimum absolute atomic E-state index is 0.0413. The lowest BCUT2D eigenvalue weighted by molar-refractivity contribution is 0.0945. The zero-order chi connectivity index (χ0) is 17.8. The summed E-state index contributed by atoms with van der Waals surface area (Å²) in [6.45, 7) is 0.0537. The topological polar surface area (TPSA) is 59.8 Å². The Morgan fingerprint density at radius 2 is 1.84 bits per heavy atom. The van der Waals surface area contributed by atoms with Crippen LogP contribution in [-0.2, 0) is 6.54 Å². The van der Waals surface area contributed by atoms with E-state index in [0.29, 0.717) is 16.7 Å². The van der Waals surface area contributed by atoms with E-state index in [4.69, 9.17) is 0 Å². The highest BCUT2D eigenvalue weighted by Gasteiger charge is 2.16. The van der Waals surface area contributed by atoms with Crippen LogP contribution in [0.5, 0.6) is 0 Å². The van der Waals surface area contributed by atoms with Crippen LogP contribution in [0.3, 0.4) is 0 Å². The molecule has 2 aromatic carbocycles. The number of nitrogens with zero attached hydrogens (tertiary/aromatic N) is 3. The zero-order valence-electron chi connectivity index (χ0n) is 13.2. The number of hydrogen-bond acceptors (Lipinski definition) is 4. The van der Waals surface area contributed by atoms with Crippen LogP contribution in [0.15, 0.2) is 53.7 Å². The minimum atomic E-state index is -0.593. The molecule has 0 saturated carbocycles. The maximum Gasteiger partial charge on any atom is 0.254 e. The number of hydrogen-bond donors (Lipinski definition) is 1. The molecule has 8 heteroatoms. The van der Waals surface area contributed by atoms with Crippen LogP contribution < -0.4 is 5.32 Å². The van der Waals surface area contributed by atoms with Crippen LogP contribution >= 0.6 is 11.8 Å².